The number of phenolic OH excluding ortho intramolecular Hbond substituents is 1. The summed E-state index contributed by atoms with van der Waals surface area (Å²) in [5, 5.41) is 9.84. The van der Waals surface area contributed by atoms with E-state index in [4.69, 9.17) is 9.47 Å². The number of esters is 2. The zero-order chi connectivity index (χ0) is 19.5. The molecule has 0 unspecified atom stereocenters. The van der Waals surface area contributed by atoms with E-state index in [0.29, 0.717) is 6.42 Å². The third-order valence-corrected chi connectivity index (χ3v) is 4.72. The monoisotopic (exact) mass is 374 g/mol. The fourth-order valence-corrected chi connectivity index (χ4v) is 3.16. The Morgan fingerprint density at radius 3 is 2.15 bits per heavy atom. The molecule has 0 aromatic heterocycles. The van der Waals surface area contributed by atoms with Gasteiger partial charge in [-0.25, -0.2) is 9.59 Å². The molecule has 27 heavy (non-hydrogen) atoms. The van der Waals surface area contributed by atoms with Gasteiger partial charge in [0.05, 0.1) is 0 Å². The number of para-hydroxylation sites is 1. The number of hydrogen-bond acceptors (Lipinski definition) is 5. The number of carbonyl (C=O) groups excluding carboxylic acids is 2. The molecule has 0 radical (unpaired) electrons. The van der Waals surface area contributed by atoms with Crippen LogP contribution in [-0.2, 0) is 9.59 Å². The van der Waals surface area contributed by atoms with Gasteiger partial charge in [0, 0.05) is 11.6 Å². The van der Waals surface area contributed by atoms with Crippen molar-refractivity contribution in [3.8, 4) is 17.2 Å². The molecule has 1 aromatic carbocycles. The van der Waals surface area contributed by atoms with Crippen LogP contribution in [0, 0.1) is 0 Å². The van der Waals surface area contributed by atoms with Crippen LogP contribution in [0.4, 0.5) is 0 Å². The number of hydrogen-bond donors (Lipinski definition) is 1. The fourth-order valence-electron chi connectivity index (χ4n) is 3.16. The summed E-state index contributed by atoms with van der Waals surface area (Å²) in [6.45, 7) is 2.22. The number of phenols is 1. The Kier molecular flexibility index (Phi) is 8.89. The maximum atomic E-state index is 12.3. The van der Waals surface area contributed by atoms with Crippen molar-refractivity contribution >= 4 is 11.9 Å². The molecule has 1 N–H and O–H groups in total. The van der Waals surface area contributed by atoms with Crippen LogP contribution in [0.15, 0.2) is 29.8 Å². The largest absolute Gasteiger partial charge is 0.504 e. The molecule has 0 aliphatic carbocycles. The number of benzene rings is 1. The van der Waals surface area contributed by atoms with Gasteiger partial charge < -0.3 is 14.6 Å². The van der Waals surface area contributed by atoms with E-state index in [1.165, 1.54) is 69.2 Å². The molecule has 2 rings (SSSR count). The van der Waals surface area contributed by atoms with Gasteiger partial charge in [0.25, 0.3) is 0 Å². The Bertz CT molecular complexity index is 663. The van der Waals surface area contributed by atoms with Crippen molar-refractivity contribution in [3.63, 3.8) is 0 Å². The van der Waals surface area contributed by atoms with Crippen molar-refractivity contribution in [2.75, 3.05) is 0 Å². The van der Waals surface area contributed by atoms with Crippen LogP contribution < -0.4 is 9.47 Å². The highest BCUT2D eigenvalue weighted by atomic mass is 16.6. The van der Waals surface area contributed by atoms with Crippen LogP contribution in [0.25, 0.3) is 0 Å². The van der Waals surface area contributed by atoms with Gasteiger partial charge in [-0.3, -0.25) is 0 Å². The van der Waals surface area contributed by atoms with E-state index in [1.54, 1.807) is 0 Å². The van der Waals surface area contributed by atoms with Crippen molar-refractivity contribution in [1.29, 1.82) is 0 Å². The van der Waals surface area contributed by atoms with E-state index in [9.17, 15) is 14.7 Å². The van der Waals surface area contributed by atoms with Crippen molar-refractivity contribution in [2.45, 2.75) is 77.6 Å². The van der Waals surface area contributed by atoms with E-state index < -0.39 is 11.9 Å². The van der Waals surface area contributed by atoms with Gasteiger partial charge in [0.1, 0.15) is 0 Å². The van der Waals surface area contributed by atoms with Gasteiger partial charge in [-0.15, -0.1) is 0 Å². The summed E-state index contributed by atoms with van der Waals surface area (Å²) in [5.74, 6) is -1.52. The van der Waals surface area contributed by atoms with Gasteiger partial charge in [-0.05, 0) is 25.0 Å². The van der Waals surface area contributed by atoms with Crippen LogP contribution in [0.2, 0.25) is 0 Å². The zero-order valence-corrected chi connectivity index (χ0v) is 16.2. The van der Waals surface area contributed by atoms with Gasteiger partial charge in [-0.2, -0.15) is 0 Å². The average molecular weight is 374 g/mol. The molecule has 148 valence electrons. The lowest BCUT2D eigenvalue weighted by molar-refractivity contribution is -0.134. The lowest BCUT2D eigenvalue weighted by Crippen LogP contribution is -2.18. The van der Waals surface area contributed by atoms with Crippen molar-refractivity contribution in [3.05, 3.63) is 29.8 Å². The molecule has 0 saturated carbocycles. The Balaban J connectivity index is 1.73. The first-order chi connectivity index (χ1) is 13.1. The molecule has 5 nitrogen and oxygen atoms in total. The number of rotatable bonds is 11. The minimum atomic E-state index is -0.624. The summed E-state index contributed by atoms with van der Waals surface area (Å²) in [6, 6.07) is 4.37. The fraction of sp³-hybridized carbons (Fsp3) is 0.545. The number of unbranched alkanes of at least 4 members (excludes halogenated alkanes) is 9. The summed E-state index contributed by atoms with van der Waals surface area (Å²) < 4.78 is 10.4. The molecule has 0 saturated heterocycles. The number of aromatic hydroxyl groups is 1. The highest BCUT2D eigenvalue weighted by Crippen LogP contribution is 2.38. The molecule has 1 heterocycles. The summed E-state index contributed by atoms with van der Waals surface area (Å²) in [6.07, 6.45) is 13.6. The first-order valence-corrected chi connectivity index (χ1v) is 10.1. The van der Waals surface area contributed by atoms with Crippen LogP contribution in [-0.4, -0.2) is 17.0 Å². The van der Waals surface area contributed by atoms with E-state index >= 15 is 0 Å². The summed E-state index contributed by atoms with van der Waals surface area (Å²) in [4.78, 5) is 24.3. The van der Waals surface area contributed by atoms with Gasteiger partial charge >= 0.3 is 11.9 Å². The second-order valence-corrected chi connectivity index (χ2v) is 7.02. The third-order valence-electron chi connectivity index (χ3n) is 4.72. The summed E-state index contributed by atoms with van der Waals surface area (Å²) in [5.41, 5.74) is 0.286. The minimum Gasteiger partial charge on any atom is -0.504 e. The Hall–Kier alpha value is -2.30. The molecule has 0 spiro atoms. The molecular formula is C22H30O5. The molecule has 0 bridgehead atoms. The predicted molar refractivity (Wildman–Crippen MR) is 104 cm³/mol. The molecule has 1 aromatic rings. The number of ether oxygens (including phenoxy) is 2. The standard InChI is InChI=1S/C22H30O5/c1-2-3-4-5-6-7-8-9-10-11-13-17-16-20(24)26-19-15-12-14-18(23)21(19)27-22(17)25/h12,14-16,23H,2-11,13H2,1H3/b17-16+. The zero-order valence-electron chi connectivity index (χ0n) is 16.2. The molecule has 5 heteroatoms. The van der Waals surface area contributed by atoms with E-state index in [2.05, 4.69) is 6.92 Å². The highest BCUT2D eigenvalue weighted by molar-refractivity contribution is 5.99. The predicted octanol–water partition coefficient (Wildman–Crippen LogP) is 5.45. The summed E-state index contributed by atoms with van der Waals surface area (Å²) >= 11 is 0. The smallest absolute Gasteiger partial charge is 0.339 e. The topological polar surface area (TPSA) is 72.8 Å². The molecular weight excluding hydrogens is 344 g/mol. The second-order valence-electron chi connectivity index (χ2n) is 7.02. The first-order valence-electron chi connectivity index (χ1n) is 10.1. The molecule has 0 amide bonds. The van der Waals surface area contributed by atoms with Gasteiger partial charge in [0.2, 0.25) is 5.75 Å². The molecule has 1 aliphatic rings. The normalized spacial score (nSPS) is 15.8. The van der Waals surface area contributed by atoms with Crippen molar-refractivity contribution in [1.82, 2.24) is 0 Å². The van der Waals surface area contributed by atoms with Crippen molar-refractivity contribution in [2.24, 2.45) is 0 Å². The van der Waals surface area contributed by atoms with E-state index in [0.717, 1.165) is 19.3 Å². The third kappa shape index (κ3) is 7.08. The molecule has 0 atom stereocenters. The van der Waals surface area contributed by atoms with Gasteiger partial charge in [-0.1, -0.05) is 70.8 Å². The van der Waals surface area contributed by atoms with Crippen LogP contribution in [0.1, 0.15) is 77.6 Å². The molecule has 1 aliphatic heterocycles. The Labute approximate surface area is 161 Å². The van der Waals surface area contributed by atoms with Crippen LogP contribution in [0.5, 0.6) is 17.2 Å². The quantitative estimate of drug-likeness (QED) is 0.316. The van der Waals surface area contributed by atoms with E-state index in [1.807, 2.05) is 0 Å². The number of carbonyl (C=O) groups is 2. The SMILES string of the molecule is CCCCCCCCCCCC/C1=C\C(=O)Oc2cccc(O)c2OC1=O. The highest BCUT2D eigenvalue weighted by Gasteiger charge is 2.23. The maximum absolute atomic E-state index is 12.3. The first kappa shape index (κ1) is 21.0. The minimum absolute atomic E-state index is 0.0441. The van der Waals surface area contributed by atoms with E-state index in [-0.39, 0.29) is 22.8 Å². The maximum Gasteiger partial charge on any atom is 0.339 e. The number of fused-ring (bicyclic) bond motifs is 1. The average Bonchev–Trinajstić information content (AvgIpc) is 2.64. The van der Waals surface area contributed by atoms with Crippen LogP contribution in [0.3, 0.4) is 0 Å². The lowest BCUT2D eigenvalue weighted by atomic mass is 10.0. The van der Waals surface area contributed by atoms with Gasteiger partial charge in [0.15, 0.2) is 11.5 Å². The molecule has 0 fully saturated rings. The summed E-state index contributed by atoms with van der Waals surface area (Å²) in [7, 11) is 0. The van der Waals surface area contributed by atoms with Crippen LogP contribution >= 0.6 is 0 Å². The Morgan fingerprint density at radius 1 is 0.852 bits per heavy atom. The van der Waals surface area contributed by atoms with Crippen molar-refractivity contribution < 1.29 is 24.2 Å². The lowest BCUT2D eigenvalue weighted by Gasteiger charge is -2.15. The second kappa shape index (κ2) is 11.4. The Morgan fingerprint density at radius 2 is 1.48 bits per heavy atom.